The van der Waals surface area contributed by atoms with E-state index in [1.165, 1.54) is 13.8 Å². The van der Waals surface area contributed by atoms with E-state index in [0.29, 0.717) is 11.8 Å². The molecule has 0 spiro atoms. The number of rotatable bonds is 8. The molecule has 0 aliphatic carbocycles. The number of carbonyl (C=O) groups excluding carboxylic acids is 3. The van der Waals surface area contributed by atoms with Gasteiger partial charge in [0, 0.05) is 5.75 Å². The van der Waals surface area contributed by atoms with Crippen molar-refractivity contribution in [2.24, 2.45) is 5.92 Å². The Kier molecular flexibility index (Phi) is 9.06. The van der Waals surface area contributed by atoms with Gasteiger partial charge >= 0.3 is 17.2 Å². The second kappa shape index (κ2) is 9.66. The minimum Gasteiger partial charge on any atom is -0.480 e. The van der Waals surface area contributed by atoms with Crippen LogP contribution < -0.4 is 5.32 Å². The SMILES string of the molecule is CC(C)C(=O)OCOC(=O)SC(C)(C)C(=O)N[C@@H](CS)C(=O)O. The molecule has 1 amide bonds. The Hall–Kier alpha value is -1.42. The van der Waals surface area contributed by atoms with Crippen molar-refractivity contribution in [3.8, 4) is 0 Å². The molecule has 0 saturated heterocycles. The molecule has 23 heavy (non-hydrogen) atoms. The lowest BCUT2D eigenvalue weighted by molar-refractivity contribution is -0.155. The molecule has 0 bridgehead atoms. The van der Waals surface area contributed by atoms with E-state index in [4.69, 9.17) is 9.84 Å². The first-order valence-corrected chi connectivity index (χ1v) is 8.13. The maximum atomic E-state index is 12.0. The van der Waals surface area contributed by atoms with Crippen LogP contribution in [0, 0.1) is 5.92 Å². The zero-order valence-electron chi connectivity index (χ0n) is 13.3. The quantitative estimate of drug-likeness (QED) is 0.334. The van der Waals surface area contributed by atoms with Crippen LogP contribution in [0.3, 0.4) is 0 Å². The van der Waals surface area contributed by atoms with E-state index in [1.807, 2.05) is 0 Å². The molecule has 0 aliphatic rings. The van der Waals surface area contributed by atoms with Crippen molar-refractivity contribution in [2.75, 3.05) is 12.5 Å². The van der Waals surface area contributed by atoms with Crippen molar-refractivity contribution in [3.05, 3.63) is 0 Å². The molecule has 0 rings (SSSR count). The predicted octanol–water partition coefficient (Wildman–Crippen LogP) is 1.29. The number of nitrogens with one attached hydrogen (secondary N) is 1. The monoisotopic (exact) mass is 367 g/mol. The summed E-state index contributed by atoms with van der Waals surface area (Å²) in [4.78, 5) is 45.7. The van der Waals surface area contributed by atoms with E-state index in [9.17, 15) is 19.2 Å². The summed E-state index contributed by atoms with van der Waals surface area (Å²) in [7, 11) is 0. The molecule has 0 aromatic carbocycles. The first-order chi connectivity index (χ1) is 10.5. The second-order valence-corrected chi connectivity index (χ2v) is 7.21. The summed E-state index contributed by atoms with van der Waals surface area (Å²) in [5, 5.41) is 10.3. The van der Waals surface area contributed by atoms with Gasteiger partial charge in [-0.05, 0) is 25.6 Å². The lowest BCUT2D eigenvalue weighted by atomic mass is 10.2. The average Bonchev–Trinajstić information content (AvgIpc) is 2.42. The highest BCUT2D eigenvalue weighted by Gasteiger charge is 2.34. The van der Waals surface area contributed by atoms with Gasteiger partial charge in [-0.2, -0.15) is 12.6 Å². The van der Waals surface area contributed by atoms with Crippen LogP contribution in [0.25, 0.3) is 0 Å². The maximum absolute atomic E-state index is 12.0. The predicted molar refractivity (Wildman–Crippen MR) is 87.4 cm³/mol. The van der Waals surface area contributed by atoms with Gasteiger partial charge in [-0.1, -0.05) is 13.8 Å². The van der Waals surface area contributed by atoms with E-state index in [-0.39, 0.29) is 11.7 Å². The highest BCUT2D eigenvalue weighted by atomic mass is 32.2. The summed E-state index contributed by atoms with van der Waals surface area (Å²) in [5.74, 6) is -2.83. The molecule has 0 radical (unpaired) electrons. The van der Waals surface area contributed by atoms with Gasteiger partial charge in [0.05, 0.1) is 10.7 Å². The van der Waals surface area contributed by atoms with Crippen molar-refractivity contribution >= 4 is 47.5 Å². The first kappa shape index (κ1) is 21.6. The second-order valence-electron chi connectivity index (χ2n) is 5.29. The van der Waals surface area contributed by atoms with Crippen LogP contribution in [-0.2, 0) is 23.9 Å². The van der Waals surface area contributed by atoms with Gasteiger partial charge in [0.15, 0.2) is 0 Å². The van der Waals surface area contributed by atoms with E-state index in [0.717, 1.165) is 0 Å². The molecule has 2 N–H and O–H groups in total. The van der Waals surface area contributed by atoms with Crippen molar-refractivity contribution in [1.29, 1.82) is 0 Å². The average molecular weight is 367 g/mol. The van der Waals surface area contributed by atoms with Crippen LogP contribution in [0.5, 0.6) is 0 Å². The largest absolute Gasteiger partial charge is 0.480 e. The highest BCUT2D eigenvalue weighted by Crippen LogP contribution is 2.26. The van der Waals surface area contributed by atoms with Gasteiger partial charge in [-0.15, -0.1) is 0 Å². The zero-order chi connectivity index (χ0) is 18.2. The van der Waals surface area contributed by atoms with Gasteiger partial charge in [-0.25, -0.2) is 9.59 Å². The number of hydrogen-bond acceptors (Lipinski definition) is 8. The molecule has 0 fully saturated rings. The van der Waals surface area contributed by atoms with Crippen molar-refractivity contribution in [1.82, 2.24) is 5.32 Å². The van der Waals surface area contributed by atoms with Crippen LogP contribution in [0.15, 0.2) is 0 Å². The zero-order valence-corrected chi connectivity index (χ0v) is 15.0. The number of aliphatic carboxylic acids is 1. The van der Waals surface area contributed by atoms with Crippen molar-refractivity contribution < 1.29 is 33.8 Å². The fraction of sp³-hybridized carbons (Fsp3) is 0.692. The Morgan fingerprint density at radius 3 is 2.22 bits per heavy atom. The molecular formula is C13H21NO7S2. The molecule has 10 heteroatoms. The molecule has 0 saturated carbocycles. The van der Waals surface area contributed by atoms with Gasteiger partial charge in [0.2, 0.25) is 12.7 Å². The van der Waals surface area contributed by atoms with E-state index >= 15 is 0 Å². The molecule has 132 valence electrons. The van der Waals surface area contributed by atoms with E-state index in [2.05, 4.69) is 22.7 Å². The number of esters is 1. The third-order valence-electron chi connectivity index (χ3n) is 2.52. The molecular weight excluding hydrogens is 346 g/mol. The standard InChI is InChI=1S/C13H21NO7S2/c1-7(2)10(17)20-6-21-12(19)23-13(3,4)11(18)14-8(5-22)9(15)16/h7-8,22H,5-6H2,1-4H3,(H,14,18)(H,15,16)/t8-/m0/s1. The minimum absolute atomic E-state index is 0.0859. The number of carboxylic acids is 1. The van der Waals surface area contributed by atoms with Crippen LogP contribution in [0.4, 0.5) is 4.79 Å². The summed E-state index contributed by atoms with van der Waals surface area (Å²) in [6, 6.07) is -1.16. The number of carbonyl (C=O) groups is 4. The summed E-state index contributed by atoms with van der Waals surface area (Å²) >= 11 is 4.39. The summed E-state index contributed by atoms with van der Waals surface area (Å²) in [5.41, 5.74) is 0. The van der Waals surface area contributed by atoms with Gasteiger partial charge in [-0.3, -0.25) is 9.59 Å². The molecule has 0 aromatic heterocycles. The first-order valence-electron chi connectivity index (χ1n) is 6.68. The van der Waals surface area contributed by atoms with Crippen LogP contribution >= 0.6 is 24.4 Å². The van der Waals surface area contributed by atoms with Crippen LogP contribution in [0.2, 0.25) is 0 Å². The van der Waals surface area contributed by atoms with Gasteiger partial charge < -0.3 is 19.9 Å². The number of thioether (sulfide) groups is 1. The molecule has 8 nitrogen and oxygen atoms in total. The Labute approximate surface area is 144 Å². The maximum Gasteiger partial charge on any atom is 0.371 e. The number of hydrogen-bond donors (Lipinski definition) is 3. The Bertz CT molecular complexity index is 465. The van der Waals surface area contributed by atoms with E-state index < -0.39 is 40.7 Å². The van der Waals surface area contributed by atoms with E-state index in [1.54, 1.807) is 13.8 Å². The Morgan fingerprint density at radius 1 is 1.22 bits per heavy atom. The summed E-state index contributed by atoms with van der Waals surface area (Å²) in [6.45, 7) is 5.59. The third-order valence-corrected chi connectivity index (χ3v) is 3.87. The fourth-order valence-electron chi connectivity index (χ4n) is 1.10. The minimum atomic E-state index is -1.27. The van der Waals surface area contributed by atoms with Crippen LogP contribution in [0.1, 0.15) is 27.7 Å². The normalized spacial score (nSPS) is 12.4. The lowest BCUT2D eigenvalue weighted by Gasteiger charge is -2.23. The van der Waals surface area contributed by atoms with Gasteiger partial charge in [0.25, 0.3) is 0 Å². The molecule has 0 unspecified atom stereocenters. The van der Waals surface area contributed by atoms with Crippen LogP contribution in [-0.4, -0.2) is 51.6 Å². The summed E-state index contributed by atoms with van der Waals surface area (Å²) < 4.78 is 8.11. The topological polar surface area (TPSA) is 119 Å². The number of amides is 1. The Morgan fingerprint density at radius 2 is 1.78 bits per heavy atom. The number of carboxylic acid groups (broad SMARTS) is 1. The fourth-order valence-corrected chi connectivity index (χ4v) is 2.03. The summed E-state index contributed by atoms with van der Waals surface area (Å²) in [6.07, 6.45) is 0. The molecule has 0 heterocycles. The van der Waals surface area contributed by atoms with Crippen molar-refractivity contribution in [2.45, 2.75) is 38.5 Å². The number of thiol groups is 1. The molecule has 0 aromatic rings. The molecule has 0 aliphatic heterocycles. The number of ether oxygens (including phenoxy) is 2. The van der Waals surface area contributed by atoms with Crippen molar-refractivity contribution in [3.63, 3.8) is 0 Å². The van der Waals surface area contributed by atoms with Gasteiger partial charge in [0.1, 0.15) is 6.04 Å². The molecule has 1 atom stereocenters. The highest BCUT2D eigenvalue weighted by molar-refractivity contribution is 8.15. The Balaban J connectivity index is 4.43. The smallest absolute Gasteiger partial charge is 0.371 e. The lowest BCUT2D eigenvalue weighted by Crippen LogP contribution is -2.49. The third kappa shape index (κ3) is 8.12.